The number of nitrogens with one attached hydrogen (secondary N) is 2. The number of hydrogen-bond donors (Lipinski definition) is 2. The average Bonchev–Trinajstić information content (AvgIpc) is 2.41. The summed E-state index contributed by atoms with van der Waals surface area (Å²) in [6, 6.07) is 14.2. The molecule has 0 saturated heterocycles. The predicted octanol–water partition coefficient (Wildman–Crippen LogP) is 4.19. The van der Waals surface area contributed by atoms with Crippen LogP contribution in [0.15, 0.2) is 48.5 Å². The number of carbonyl (C=O) groups is 1. The molecule has 0 spiro atoms. The molecule has 2 N–H and O–H groups in total. The van der Waals surface area contributed by atoms with Crippen molar-refractivity contribution in [2.24, 2.45) is 0 Å². The molecule has 0 radical (unpaired) electrons. The van der Waals surface area contributed by atoms with E-state index in [0.29, 0.717) is 10.8 Å². The average molecular weight is 305 g/mol. The smallest absolute Gasteiger partial charge is 0.322 e. The minimum absolute atomic E-state index is 0.318. The first kappa shape index (κ1) is 15.2. The molecule has 1 atom stereocenters. The number of ether oxygens (including phenoxy) is 1. The molecule has 2 aromatic rings. The van der Waals surface area contributed by atoms with Gasteiger partial charge in [0.25, 0.3) is 0 Å². The first-order chi connectivity index (χ1) is 10.0. The second-order valence-electron chi connectivity index (χ2n) is 4.68. The highest BCUT2D eigenvalue weighted by Gasteiger charge is 2.08. The summed E-state index contributed by atoms with van der Waals surface area (Å²) in [5, 5.41) is 6.10. The van der Waals surface area contributed by atoms with Crippen LogP contribution in [-0.4, -0.2) is 12.3 Å². The number of urea groups is 1. The van der Waals surface area contributed by atoms with E-state index in [1.807, 2.05) is 31.2 Å². The topological polar surface area (TPSA) is 50.4 Å². The number of benzene rings is 2. The van der Waals surface area contributed by atoms with Crippen molar-refractivity contribution < 1.29 is 9.53 Å². The lowest BCUT2D eigenvalue weighted by Crippen LogP contribution is -2.39. The van der Waals surface area contributed by atoms with Crippen LogP contribution >= 0.6 is 11.6 Å². The van der Waals surface area contributed by atoms with Gasteiger partial charge in [-0.3, -0.25) is 0 Å². The first-order valence-electron chi connectivity index (χ1n) is 6.59. The van der Waals surface area contributed by atoms with E-state index in [4.69, 9.17) is 16.3 Å². The standard InChI is InChI=1S/C16H17ClN2O2/c1-11-4-3-5-14(10-11)19-16(20)18-12(2)21-15-8-6-13(17)7-9-15/h3-10,12H,1-2H3,(H2,18,19,20). The molecule has 110 valence electrons. The molecule has 2 amide bonds. The Morgan fingerprint density at radius 2 is 1.90 bits per heavy atom. The van der Waals surface area contributed by atoms with Crippen molar-refractivity contribution in [2.75, 3.05) is 5.32 Å². The van der Waals surface area contributed by atoms with Gasteiger partial charge in [-0.25, -0.2) is 4.79 Å². The lowest BCUT2D eigenvalue weighted by atomic mass is 10.2. The van der Waals surface area contributed by atoms with Crippen molar-refractivity contribution in [3.63, 3.8) is 0 Å². The Hall–Kier alpha value is -2.20. The van der Waals surface area contributed by atoms with Crippen LogP contribution in [0.5, 0.6) is 5.75 Å². The molecule has 0 heterocycles. The molecule has 0 bridgehead atoms. The van der Waals surface area contributed by atoms with Crippen molar-refractivity contribution in [1.29, 1.82) is 0 Å². The van der Waals surface area contributed by atoms with Gasteiger partial charge < -0.3 is 15.4 Å². The van der Waals surface area contributed by atoms with Crippen molar-refractivity contribution in [3.8, 4) is 5.75 Å². The minimum atomic E-state index is -0.462. The van der Waals surface area contributed by atoms with E-state index in [0.717, 1.165) is 11.3 Å². The third kappa shape index (κ3) is 5.00. The predicted molar refractivity (Wildman–Crippen MR) is 84.9 cm³/mol. The van der Waals surface area contributed by atoms with Gasteiger partial charge in [0, 0.05) is 10.7 Å². The van der Waals surface area contributed by atoms with Crippen LogP contribution < -0.4 is 15.4 Å². The third-order valence-electron chi connectivity index (χ3n) is 2.74. The number of amides is 2. The van der Waals surface area contributed by atoms with Gasteiger partial charge in [0.1, 0.15) is 5.75 Å². The normalized spacial score (nSPS) is 11.6. The van der Waals surface area contributed by atoms with E-state index in [1.54, 1.807) is 31.2 Å². The van der Waals surface area contributed by atoms with Crippen molar-refractivity contribution in [3.05, 3.63) is 59.1 Å². The molecule has 5 heteroatoms. The van der Waals surface area contributed by atoms with Gasteiger partial charge in [0.05, 0.1) is 0 Å². The monoisotopic (exact) mass is 304 g/mol. The van der Waals surface area contributed by atoms with E-state index < -0.39 is 6.23 Å². The highest BCUT2D eigenvalue weighted by atomic mass is 35.5. The Balaban J connectivity index is 1.86. The second-order valence-corrected chi connectivity index (χ2v) is 5.12. The summed E-state index contributed by atoms with van der Waals surface area (Å²) >= 11 is 5.80. The Bertz CT molecular complexity index is 614. The molecule has 0 aromatic heterocycles. The van der Waals surface area contributed by atoms with Gasteiger partial charge in [-0.1, -0.05) is 23.7 Å². The number of anilines is 1. The Morgan fingerprint density at radius 3 is 2.57 bits per heavy atom. The third-order valence-corrected chi connectivity index (χ3v) is 2.99. The molecular weight excluding hydrogens is 288 g/mol. The second kappa shape index (κ2) is 6.99. The van der Waals surface area contributed by atoms with Gasteiger partial charge in [-0.05, 0) is 55.8 Å². The van der Waals surface area contributed by atoms with Crippen molar-refractivity contribution in [1.82, 2.24) is 5.32 Å². The molecule has 0 aliphatic carbocycles. The zero-order valence-electron chi connectivity index (χ0n) is 11.9. The quantitative estimate of drug-likeness (QED) is 0.832. The van der Waals surface area contributed by atoms with Crippen LogP contribution in [0.3, 0.4) is 0 Å². The molecule has 0 aliphatic rings. The highest BCUT2D eigenvalue weighted by molar-refractivity contribution is 6.30. The molecule has 0 fully saturated rings. The highest BCUT2D eigenvalue weighted by Crippen LogP contribution is 2.16. The van der Waals surface area contributed by atoms with Crippen LogP contribution in [0.4, 0.5) is 10.5 Å². The van der Waals surface area contributed by atoms with E-state index in [-0.39, 0.29) is 6.03 Å². The fraction of sp³-hybridized carbons (Fsp3) is 0.188. The Kier molecular flexibility index (Phi) is 5.06. The SMILES string of the molecule is Cc1cccc(NC(=O)NC(C)Oc2ccc(Cl)cc2)c1. The van der Waals surface area contributed by atoms with E-state index in [9.17, 15) is 4.79 Å². The summed E-state index contributed by atoms with van der Waals surface area (Å²) in [5.74, 6) is 0.641. The molecule has 21 heavy (non-hydrogen) atoms. The maximum atomic E-state index is 11.9. The van der Waals surface area contributed by atoms with Crippen molar-refractivity contribution >= 4 is 23.3 Å². The first-order valence-corrected chi connectivity index (χ1v) is 6.97. The minimum Gasteiger partial charge on any atom is -0.471 e. The van der Waals surface area contributed by atoms with Gasteiger partial charge in [-0.2, -0.15) is 0 Å². The number of hydrogen-bond acceptors (Lipinski definition) is 2. The molecule has 2 rings (SSSR count). The van der Waals surface area contributed by atoms with E-state index in [2.05, 4.69) is 10.6 Å². The van der Waals surface area contributed by atoms with Gasteiger partial charge >= 0.3 is 6.03 Å². The Morgan fingerprint density at radius 1 is 1.19 bits per heavy atom. The van der Waals surface area contributed by atoms with Crippen LogP contribution in [0.2, 0.25) is 5.02 Å². The van der Waals surface area contributed by atoms with Crippen molar-refractivity contribution in [2.45, 2.75) is 20.1 Å². The van der Waals surface area contributed by atoms with E-state index in [1.165, 1.54) is 0 Å². The fourth-order valence-corrected chi connectivity index (χ4v) is 1.95. The summed E-state index contributed by atoms with van der Waals surface area (Å²) in [4.78, 5) is 11.9. The summed E-state index contributed by atoms with van der Waals surface area (Å²) in [6.07, 6.45) is -0.462. The van der Waals surface area contributed by atoms with Gasteiger partial charge in [0.2, 0.25) is 0 Å². The zero-order chi connectivity index (χ0) is 15.2. The maximum absolute atomic E-state index is 11.9. The number of carbonyl (C=O) groups excluding carboxylic acids is 1. The van der Waals surface area contributed by atoms with Gasteiger partial charge in [-0.15, -0.1) is 0 Å². The summed E-state index contributed by atoms with van der Waals surface area (Å²) in [7, 11) is 0. The summed E-state index contributed by atoms with van der Waals surface area (Å²) in [6.45, 7) is 3.72. The lowest BCUT2D eigenvalue weighted by Gasteiger charge is -2.17. The molecule has 2 aromatic carbocycles. The molecule has 0 aliphatic heterocycles. The van der Waals surface area contributed by atoms with E-state index >= 15 is 0 Å². The van der Waals surface area contributed by atoms with Gasteiger partial charge in [0.15, 0.2) is 6.23 Å². The fourth-order valence-electron chi connectivity index (χ4n) is 1.82. The Labute approximate surface area is 129 Å². The number of rotatable bonds is 4. The molecule has 1 unspecified atom stereocenters. The van der Waals surface area contributed by atoms with Crippen LogP contribution in [0.25, 0.3) is 0 Å². The molecule has 4 nitrogen and oxygen atoms in total. The maximum Gasteiger partial charge on any atom is 0.322 e. The molecule has 0 saturated carbocycles. The zero-order valence-corrected chi connectivity index (χ0v) is 12.6. The van der Waals surface area contributed by atoms with Crippen LogP contribution in [0, 0.1) is 6.92 Å². The summed E-state index contributed by atoms with van der Waals surface area (Å²) < 4.78 is 5.57. The lowest BCUT2D eigenvalue weighted by molar-refractivity contribution is 0.183. The summed E-state index contributed by atoms with van der Waals surface area (Å²) in [5.41, 5.74) is 1.82. The number of halogens is 1. The van der Waals surface area contributed by atoms with Crippen LogP contribution in [0.1, 0.15) is 12.5 Å². The van der Waals surface area contributed by atoms with Crippen LogP contribution in [-0.2, 0) is 0 Å². The number of aryl methyl sites for hydroxylation is 1. The largest absolute Gasteiger partial charge is 0.471 e. The molecular formula is C16H17ClN2O2.